The number of hydrogen-bond acceptors (Lipinski definition) is 4. The van der Waals surface area contributed by atoms with Gasteiger partial charge in [-0.1, -0.05) is 129 Å². The Morgan fingerprint density at radius 1 is 0.755 bits per heavy atom. The zero-order chi connectivity index (χ0) is 38.2. The molecule has 0 bridgehead atoms. The van der Waals surface area contributed by atoms with Crippen LogP contribution in [0.2, 0.25) is 0 Å². The number of Topliss-reactive ketones (excluding diaryl/α,β-unsaturated/α-hetero) is 1. The average Bonchev–Trinajstić information content (AvgIpc) is 3.48. The van der Waals surface area contributed by atoms with Crippen molar-refractivity contribution in [2.75, 3.05) is 25.1 Å². The zero-order valence-electron chi connectivity index (χ0n) is 34.5. The van der Waals surface area contributed by atoms with E-state index in [9.17, 15) is 9.90 Å². The summed E-state index contributed by atoms with van der Waals surface area (Å²) in [6.07, 6.45) is 24.2. The van der Waals surface area contributed by atoms with Gasteiger partial charge in [0, 0.05) is 47.5 Å². The molecule has 0 unspecified atom stereocenters. The van der Waals surface area contributed by atoms with Gasteiger partial charge in [0.25, 0.3) is 0 Å². The molecule has 288 valence electrons. The van der Waals surface area contributed by atoms with Crippen LogP contribution in [0.5, 0.6) is 5.75 Å². The van der Waals surface area contributed by atoms with Crippen molar-refractivity contribution < 1.29 is 19.2 Å². The van der Waals surface area contributed by atoms with Crippen LogP contribution in [0.25, 0.3) is 0 Å². The fraction of sp³-hybridized carbons (Fsp3) is 0.583. The number of unbranched alkanes of at least 4 members (excludes halogenated alkanes) is 14. The average molecular weight is 722 g/mol. The Balaban J connectivity index is 1.41. The van der Waals surface area contributed by atoms with Gasteiger partial charge in [0.1, 0.15) is 18.1 Å². The zero-order valence-corrected chi connectivity index (χ0v) is 34.5. The number of ketones is 1. The van der Waals surface area contributed by atoms with E-state index >= 15 is 0 Å². The summed E-state index contributed by atoms with van der Waals surface area (Å²) in [4.78, 5) is 16.5. The third-order valence-corrected chi connectivity index (χ3v) is 12.2. The van der Waals surface area contributed by atoms with Crippen molar-refractivity contribution in [3.05, 3.63) is 87.8 Å². The number of fused-ring (bicyclic) bond motifs is 2. The maximum absolute atomic E-state index is 14.1. The molecule has 0 amide bonds. The summed E-state index contributed by atoms with van der Waals surface area (Å²) in [5.41, 5.74) is 8.34. The van der Waals surface area contributed by atoms with Crippen LogP contribution in [0.3, 0.4) is 0 Å². The second-order valence-electron chi connectivity index (χ2n) is 16.9. The Hall–Kier alpha value is -3.60. The summed E-state index contributed by atoms with van der Waals surface area (Å²) in [5, 5.41) is 11.7. The number of aliphatic hydroxyl groups is 1. The molecule has 3 aliphatic rings. The second kappa shape index (κ2) is 18.2. The third-order valence-electron chi connectivity index (χ3n) is 12.2. The lowest BCUT2D eigenvalue weighted by molar-refractivity contribution is -0.438. The lowest BCUT2D eigenvalue weighted by Crippen LogP contribution is -2.32. The molecule has 0 radical (unpaired) electrons. The molecule has 0 atom stereocenters. The van der Waals surface area contributed by atoms with Crippen LogP contribution in [0.15, 0.2) is 71.2 Å². The van der Waals surface area contributed by atoms with Crippen molar-refractivity contribution in [1.29, 1.82) is 0 Å². The van der Waals surface area contributed by atoms with E-state index < -0.39 is 0 Å². The van der Waals surface area contributed by atoms with E-state index in [-0.39, 0.29) is 22.4 Å². The molecular weight excluding hydrogens is 653 g/mol. The molecule has 2 aromatic carbocycles. The number of carbonyl (C=O) groups excluding carboxylic acids is 1. The predicted molar refractivity (Wildman–Crippen MR) is 223 cm³/mol. The monoisotopic (exact) mass is 722 g/mol. The molecule has 1 aliphatic carbocycles. The summed E-state index contributed by atoms with van der Waals surface area (Å²) < 4.78 is 8.17. The van der Waals surface area contributed by atoms with Gasteiger partial charge in [0.05, 0.1) is 23.7 Å². The first-order chi connectivity index (χ1) is 25.5. The molecular formula is C48H69N2O3+. The van der Waals surface area contributed by atoms with Crippen molar-refractivity contribution in [2.24, 2.45) is 0 Å². The number of aryl methyl sites for hydroxylation is 1. The van der Waals surface area contributed by atoms with Crippen LogP contribution in [0, 0.1) is 6.92 Å². The number of para-hydroxylation sites is 1. The smallest absolute Gasteiger partial charge is 0.210 e. The van der Waals surface area contributed by atoms with Crippen molar-refractivity contribution >= 4 is 22.9 Å². The van der Waals surface area contributed by atoms with Gasteiger partial charge < -0.3 is 14.7 Å². The van der Waals surface area contributed by atoms with Crippen LogP contribution in [0.4, 0.5) is 11.4 Å². The minimum Gasteiger partial charge on any atom is -0.506 e. The number of hydrogen-bond donors (Lipinski definition) is 1. The van der Waals surface area contributed by atoms with E-state index in [1.165, 1.54) is 112 Å². The SMILES string of the molecule is CCCCCCCCCCN1/C(=C\C2=C(O)C(=C\C3=[N+](CCCCCCCCCC)c4cc(C)c(OC)cc4C3(C)C)/C2=O)C(C)(C)c2ccccc21. The summed E-state index contributed by atoms with van der Waals surface area (Å²) in [6.45, 7) is 17.4. The highest BCUT2D eigenvalue weighted by Crippen LogP contribution is 2.49. The minimum absolute atomic E-state index is 0.0752. The van der Waals surface area contributed by atoms with E-state index in [2.05, 4.69) is 94.3 Å². The largest absolute Gasteiger partial charge is 0.506 e. The van der Waals surface area contributed by atoms with E-state index in [0.29, 0.717) is 11.1 Å². The van der Waals surface area contributed by atoms with Gasteiger partial charge in [0.15, 0.2) is 5.71 Å². The van der Waals surface area contributed by atoms with Gasteiger partial charge in [-0.2, -0.15) is 4.58 Å². The molecule has 1 N–H and O–H groups in total. The van der Waals surface area contributed by atoms with Crippen LogP contribution in [-0.2, 0) is 15.6 Å². The number of rotatable bonds is 21. The van der Waals surface area contributed by atoms with Gasteiger partial charge in [-0.25, -0.2) is 0 Å². The highest BCUT2D eigenvalue weighted by molar-refractivity contribution is 6.24. The van der Waals surface area contributed by atoms with E-state index in [1.54, 1.807) is 7.11 Å². The Kier molecular flexibility index (Phi) is 13.9. The normalized spacial score (nSPS) is 18.7. The number of nitrogens with zero attached hydrogens (tertiary/aromatic N) is 2. The Morgan fingerprint density at radius 3 is 1.94 bits per heavy atom. The molecule has 0 fully saturated rings. The molecule has 5 nitrogen and oxygen atoms in total. The van der Waals surface area contributed by atoms with Gasteiger partial charge >= 0.3 is 0 Å². The molecule has 2 heterocycles. The third kappa shape index (κ3) is 8.71. The first-order valence-electron chi connectivity index (χ1n) is 21.1. The molecule has 0 saturated heterocycles. The highest BCUT2D eigenvalue weighted by Gasteiger charge is 2.47. The van der Waals surface area contributed by atoms with Gasteiger partial charge in [-0.05, 0) is 62.9 Å². The van der Waals surface area contributed by atoms with Gasteiger partial charge in [-0.3, -0.25) is 4.79 Å². The van der Waals surface area contributed by atoms with Crippen molar-refractivity contribution in [3.63, 3.8) is 0 Å². The fourth-order valence-electron chi connectivity index (χ4n) is 8.85. The van der Waals surface area contributed by atoms with Gasteiger partial charge in [-0.15, -0.1) is 0 Å². The standard InChI is InChI=1S/C48H68N2O3/c1-9-11-13-15-17-19-21-25-29-49-40-28-24-23-27-38(40)47(4,5)43(49)32-36-45(51)37(46(36)52)33-44-48(6,7)39-34-42(53-8)35(3)31-41(39)50(44)30-26-22-20-18-16-14-12-10-2/h23-24,27-28,31-34H,9-22,25-26,29-30H2,1-8H3/p+1. The number of methoxy groups -OCH3 is 1. The van der Waals surface area contributed by atoms with Crippen molar-refractivity contribution in [3.8, 4) is 5.75 Å². The number of carbonyl (C=O) groups is 1. The molecule has 53 heavy (non-hydrogen) atoms. The second-order valence-corrected chi connectivity index (χ2v) is 16.9. The van der Waals surface area contributed by atoms with E-state index in [1.807, 2.05) is 12.2 Å². The first-order valence-corrected chi connectivity index (χ1v) is 21.1. The summed E-state index contributed by atoms with van der Waals surface area (Å²) in [7, 11) is 1.73. The molecule has 2 aromatic rings. The molecule has 2 aliphatic heterocycles. The highest BCUT2D eigenvalue weighted by atomic mass is 16.5. The quantitative estimate of drug-likeness (QED) is 0.0792. The number of aliphatic hydroxyl groups excluding tert-OH is 1. The molecule has 5 heteroatoms. The fourth-order valence-corrected chi connectivity index (χ4v) is 8.85. The molecule has 0 aromatic heterocycles. The summed E-state index contributed by atoms with van der Waals surface area (Å²) in [5.74, 6) is 0.918. The van der Waals surface area contributed by atoms with E-state index in [0.717, 1.165) is 48.7 Å². The van der Waals surface area contributed by atoms with Crippen molar-refractivity contribution in [2.45, 2.75) is 162 Å². The lowest BCUT2D eigenvalue weighted by atomic mass is 9.77. The minimum atomic E-state index is -0.361. The van der Waals surface area contributed by atoms with Crippen LogP contribution in [-0.4, -0.2) is 41.4 Å². The number of allylic oxidation sites excluding steroid dienone is 5. The predicted octanol–water partition coefficient (Wildman–Crippen LogP) is 12.7. The molecule has 0 spiro atoms. The Bertz CT molecular complexity index is 1740. The van der Waals surface area contributed by atoms with Crippen LogP contribution >= 0.6 is 0 Å². The summed E-state index contributed by atoms with van der Waals surface area (Å²) >= 11 is 0. The molecule has 0 saturated carbocycles. The van der Waals surface area contributed by atoms with Gasteiger partial charge in [0.2, 0.25) is 11.5 Å². The van der Waals surface area contributed by atoms with Crippen molar-refractivity contribution in [1.82, 2.24) is 0 Å². The Labute approximate surface area is 321 Å². The maximum Gasteiger partial charge on any atom is 0.210 e. The number of benzene rings is 2. The summed E-state index contributed by atoms with van der Waals surface area (Å²) in [6, 6.07) is 13.1. The lowest BCUT2D eigenvalue weighted by Gasteiger charge is -2.29. The first kappa shape index (κ1) is 40.6. The van der Waals surface area contributed by atoms with Crippen LogP contribution < -0.4 is 9.64 Å². The van der Waals surface area contributed by atoms with Crippen LogP contribution in [0.1, 0.15) is 161 Å². The number of ether oxygens (including phenoxy) is 1. The Morgan fingerprint density at radius 2 is 1.34 bits per heavy atom. The molecule has 5 rings (SSSR count). The van der Waals surface area contributed by atoms with E-state index in [4.69, 9.17) is 4.74 Å². The maximum atomic E-state index is 14.1. The topological polar surface area (TPSA) is 52.8 Å². The number of anilines is 1.